The molecule has 0 unspecified atom stereocenters. The van der Waals surface area contributed by atoms with Crippen LogP contribution in [0.5, 0.6) is 5.75 Å². The van der Waals surface area contributed by atoms with E-state index in [1.165, 1.54) is 29.5 Å². The van der Waals surface area contributed by atoms with Crippen molar-refractivity contribution in [3.05, 3.63) is 42.0 Å². The fourth-order valence-electron chi connectivity index (χ4n) is 3.51. The minimum atomic E-state index is -4.75. The molecule has 0 atom stereocenters. The number of Topliss-reactive ketones (excluding diaryl/α,β-unsaturated/α-hetero) is 1. The molecule has 0 amide bonds. The number of imidazole rings is 1. The first-order chi connectivity index (χ1) is 15.1. The Bertz CT molecular complexity index is 1290. The average Bonchev–Trinajstić information content (AvgIpc) is 3.26. The monoisotopic (exact) mass is 462 g/mol. The lowest BCUT2D eigenvalue weighted by Crippen LogP contribution is -2.16. The van der Waals surface area contributed by atoms with Crippen molar-refractivity contribution in [3.63, 3.8) is 0 Å². The summed E-state index contributed by atoms with van der Waals surface area (Å²) in [6, 6.07) is 9.58. The van der Waals surface area contributed by atoms with Crippen LogP contribution in [0.4, 0.5) is 24.3 Å². The Hall–Kier alpha value is -3.14. The van der Waals surface area contributed by atoms with Crippen LogP contribution in [0.3, 0.4) is 0 Å². The van der Waals surface area contributed by atoms with Crippen molar-refractivity contribution in [1.82, 2.24) is 14.5 Å². The number of thiazole rings is 1. The normalized spacial score (nSPS) is 12.1. The molecule has 10 heteroatoms. The highest BCUT2D eigenvalue weighted by molar-refractivity contribution is 7.22. The van der Waals surface area contributed by atoms with Crippen molar-refractivity contribution >= 4 is 49.4 Å². The Balaban J connectivity index is 1.69. The maximum atomic E-state index is 12.5. The Labute approximate surface area is 186 Å². The number of carbonyl (C=O) groups excluding carboxylic acids is 1. The van der Waals surface area contributed by atoms with Crippen LogP contribution < -0.4 is 10.1 Å². The number of nitrogens with zero attached hydrogens (tertiary/aromatic N) is 3. The van der Waals surface area contributed by atoms with Gasteiger partial charge >= 0.3 is 6.36 Å². The Morgan fingerprint density at radius 2 is 1.94 bits per heavy atom. The molecule has 0 fully saturated rings. The first kappa shape index (κ1) is 22.1. The molecule has 2 aromatic carbocycles. The zero-order valence-corrected chi connectivity index (χ0v) is 18.5. The SMILES string of the molecule is CCCC(=O)c1ccc2c(c1)nc(Nc1nc3ccc(OC(F)(F)F)cc3s1)n2C(C)C. The molecule has 6 nitrogen and oxygen atoms in total. The second-order valence-corrected chi connectivity index (χ2v) is 8.63. The lowest BCUT2D eigenvalue weighted by molar-refractivity contribution is -0.274. The smallest absolute Gasteiger partial charge is 0.406 e. The number of ketones is 1. The van der Waals surface area contributed by atoms with Gasteiger partial charge in [0.2, 0.25) is 5.95 Å². The molecule has 0 bridgehead atoms. The van der Waals surface area contributed by atoms with E-state index in [1.54, 1.807) is 6.07 Å². The Morgan fingerprint density at radius 3 is 2.62 bits per heavy atom. The van der Waals surface area contributed by atoms with Gasteiger partial charge < -0.3 is 14.6 Å². The molecular formula is C22H21F3N4O2S. The van der Waals surface area contributed by atoms with Crippen LogP contribution in [-0.4, -0.2) is 26.7 Å². The van der Waals surface area contributed by atoms with E-state index in [2.05, 4.69) is 20.0 Å². The molecule has 32 heavy (non-hydrogen) atoms. The molecule has 1 N–H and O–H groups in total. The van der Waals surface area contributed by atoms with Crippen LogP contribution in [0.25, 0.3) is 21.3 Å². The number of ether oxygens (including phenoxy) is 1. The molecule has 0 saturated carbocycles. The van der Waals surface area contributed by atoms with Crippen molar-refractivity contribution in [2.24, 2.45) is 0 Å². The third kappa shape index (κ3) is 4.55. The standard InChI is InChI=1S/C22H21F3N4O2S/c1-4-5-18(30)13-6-9-17-16(10-13)26-20(29(17)12(2)3)28-21-27-15-8-7-14(11-19(15)32-21)31-22(23,24)25/h6-12H,4-5H2,1-3H3,(H,26,27,28). The lowest BCUT2D eigenvalue weighted by atomic mass is 10.1. The first-order valence-electron chi connectivity index (χ1n) is 10.1. The molecule has 0 spiro atoms. The van der Waals surface area contributed by atoms with Crippen LogP contribution in [0.1, 0.15) is 50.0 Å². The number of anilines is 2. The molecule has 0 radical (unpaired) electrons. The summed E-state index contributed by atoms with van der Waals surface area (Å²) >= 11 is 1.20. The number of hydrogen-bond donors (Lipinski definition) is 1. The zero-order valence-electron chi connectivity index (χ0n) is 17.7. The van der Waals surface area contributed by atoms with Gasteiger partial charge in [-0.15, -0.1) is 13.2 Å². The van der Waals surface area contributed by atoms with Crippen molar-refractivity contribution in [3.8, 4) is 5.75 Å². The van der Waals surface area contributed by atoms with Crippen molar-refractivity contribution in [1.29, 1.82) is 0 Å². The van der Waals surface area contributed by atoms with Gasteiger partial charge in [-0.1, -0.05) is 18.3 Å². The Morgan fingerprint density at radius 1 is 1.16 bits per heavy atom. The lowest BCUT2D eigenvalue weighted by Gasteiger charge is -2.13. The van der Waals surface area contributed by atoms with Crippen molar-refractivity contribution < 1.29 is 22.7 Å². The molecule has 2 heterocycles. The highest BCUT2D eigenvalue weighted by Crippen LogP contribution is 2.34. The van der Waals surface area contributed by atoms with Gasteiger partial charge in [-0.3, -0.25) is 4.79 Å². The number of fused-ring (bicyclic) bond motifs is 2. The first-order valence-corrected chi connectivity index (χ1v) is 10.9. The molecular weight excluding hydrogens is 441 g/mol. The predicted octanol–water partition coefficient (Wildman–Crippen LogP) is 6.85. The zero-order chi connectivity index (χ0) is 23.0. The minimum absolute atomic E-state index is 0.0702. The maximum Gasteiger partial charge on any atom is 0.573 e. The third-order valence-electron chi connectivity index (χ3n) is 4.82. The molecule has 0 saturated heterocycles. The number of aromatic nitrogens is 3. The molecule has 4 rings (SSSR count). The number of halogens is 3. The molecule has 4 aromatic rings. The van der Waals surface area contributed by atoms with Crippen LogP contribution >= 0.6 is 11.3 Å². The van der Waals surface area contributed by atoms with E-state index in [-0.39, 0.29) is 17.6 Å². The van der Waals surface area contributed by atoms with Gasteiger partial charge in [0.15, 0.2) is 10.9 Å². The highest BCUT2D eigenvalue weighted by Gasteiger charge is 2.31. The largest absolute Gasteiger partial charge is 0.573 e. The molecule has 168 valence electrons. The van der Waals surface area contributed by atoms with E-state index in [1.807, 2.05) is 37.5 Å². The van der Waals surface area contributed by atoms with Crippen LogP contribution in [0.15, 0.2) is 36.4 Å². The van der Waals surface area contributed by atoms with E-state index in [9.17, 15) is 18.0 Å². The quantitative estimate of drug-likeness (QED) is 0.304. The maximum absolute atomic E-state index is 12.5. The summed E-state index contributed by atoms with van der Waals surface area (Å²) in [7, 11) is 0. The van der Waals surface area contributed by atoms with Gasteiger partial charge in [0, 0.05) is 24.1 Å². The van der Waals surface area contributed by atoms with Gasteiger partial charge in [0.05, 0.1) is 21.3 Å². The average molecular weight is 462 g/mol. The fraction of sp³-hybridized carbons (Fsp3) is 0.318. The summed E-state index contributed by atoms with van der Waals surface area (Å²) in [4.78, 5) is 21.4. The van der Waals surface area contributed by atoms with Gasteiger partial charge in [-0.2, -0.15) is 0 Å². The van der Waals surface area contributed by atoms with Crippen molar-refractivity contribution in [2.75, 3.05) is 5.32 Å². The van der Waals surface area contributed by atoms with Gasteiger partial charge in [-0.05, 0) is 50.6 Å². The van der Waals surface area contributed by atoms with E-state index in [0.717, 1.165) is 11.9 Å². The summed E-state index contributed by atoms with van der Waals surface area (Å²) in [5.74, 6) is 0.325. The van der Waals surface area contributed by atoms with E-state index in [4.69, 9.17) is 0 Å². The molecule has 2 aromatic heterocycles. The van der Waals surface area contributed by atoms with Gasteiger partial charge in [0.25, 0.3) is 0 Å². The predicted molar refractivity (Wildman–Crippen MR) is 119 cm³/mol. The summed E-state index contributed by atoms with van der Waals surface area (Å²) in [6.45, 7) is 5.99. The van der Waals surface area contributed by atoms with E-state index in [0.29, 0.717) is 38.8 Å². The molecule has 0 aliphatic carbocycles. The number of benzene rings is 2. The number of nitrogens with one attached hydrogen (secondary N) is 1. The fourth-order valence-corrected chi connectivity index (χ4v) is 4.39. The minimum Gasteiger partial charge on any atom is -0.406 e. The second-order valence-electron chi connectivity index (χ2n) is 7.60. The summed E-state index contributed by atoms with van der Waals surface area (Å²) in [5.41, 5.74) is 2.73. The summed E-state index contributed by atoms with van der Waals surface area (Å²) in [5, 5.41) is 3.68. The van der Waals surface area contributed by atoms with E-state index >= 15 is 0 Å². The van der Waals surface area contributed by atoms with Crippen molar-refractivity contribution in [2.45, 2.75) is 46.0 Å². The van der Waals surface area contributed by atoms with Crippen LogP contribution in [0, 0.1) is 0 Å². The number of carbonyl (C=O) groups is 1. The van der Waals surface area contributed by atoms with Gasteiger partial charge in [-0.25, -0.2) is 9.97 Å². The van der Waals surface area contributed by atoms with Crippen LogP contribution in [-0.2, 0) is 0 Å². The Kier molecular flexibility index (Phi) is 5.81. The van der Waals surface area contributed by atoms with Gasteiger partial charge in [0.1, 0.15) is 5.75 Å². The van der Waals surface area contributed by atoms with E-state index < -0.39 is 6.36 Å². The summed E-state index contributed by atoms with van der Waals surface area (Å²) in [6.07, 6.45) is -3.50. The number of rotatable bonds is 7. The highest BCUT2D eigenvalue weighted by atomic mass is 32.1. The second kappa shape index (κ2) is 8.42. The topological polar surface area (TPSA) is 69.0 Å². The molecule has 0 aliphatic rings. The van der Waals surface area contributed by atoms with Crippen LogP contribution in [0.2, 0.25) is 0 Å². The molecule has 0 aliphatic heterocycles. The number of alkyl halides is 3. The summed E-state index contributed by atoms with van der Waals surface area (Å²) < 4.78 is 44.0. The third-order valence-corrected chi connectivity index (χ3v) is 5.75. The number of hydrogen-bond acceptors (Lipinski definition) is 6.